The number of amides is 1. The molecule has 0 bridgehead atoms. The van der Waals surface area contributed by atoms with Gasteiger partial charge in [0.2, 0.25) is 0 Å². The summed E-state index contributed by atoms with van der Waals surface area (Å²) in [4.78, 5) is 45.4. The van der Waals surface area contributed by atoms with Crippen LogP contribution < -0.4 is 11.1 Å². The number of nitrogens with one attached hydrogen (secondary N) is 1. The van der Waals surface area contributed by atoms with Crippen LogP contribution in [0.3, 0.4) is 0 Å². The van der Waals surface area contributed by atoms with Gasteiger partial charge in [-0.25, -0.2) is 4.79 Å². The predicted molar refractivity (Wildman–Crippen MR) is 99.8 cm³/mol. The van der Waals surface area contributed by atoms with E-state index in [0.717, 1.165) is 6.42 Å². The van der Waals surface area contributed by atoms with E-state index in [9.17, 15) is 24.5 Å². The Morgan fingerprint density at radius 3 is 2.79 bits per heavy atom. The first kappa shape index (κ1) is 21.1. The van der Waals surface area contributed by atoms with Crippen molar-refractivity contribution in [2.45, 2.75) is 39.7 Å². The summed E-state index contributed by atoms with van der Waals surface area (Å²) in [5, 5.41) is 13.4. The van der Waals surface area contributed by atoms with Gasteiger partial charge in [0.25, 0.3) is 11.6 Å². The Morgan fingerprint density at radius 1 is 1.36 bits per heavy atom. The third-order valence-electron chi connectivity index (χ3n) is 4.03. The first-order chi connectivity index (χ1) is 13.3. The molecule has 0 radical (unpaired) electrons. The van der Waals surface area contributed by atoms with Gasteiger partial charge in [-0.1, -0.05) is 13.8 Å². The zero-order valence-electron chi connectivity index (χ0n) is 15.8. The fraction of sp³-hybridized carbons (Fsp3) is 0.500. The minimum absolute atomic E-state index is 0.0192. The lowest BCUT2D eigenvalue weighted by molar-refractivity contribution is -0.384. The van der Waals surface area contributed by atoms with Crippen molar-refractivity contribution >= 4 is 28.7 Å². The Bertz CT molecular complexity index is 914. The Morgan fingerprint density at radius 2 is 2.11 bits per heavy atom. The van der Waals surface area contributed by atoms with Gasteiger partial charge in [-0.05, 0) is 24.8 Å². The summed E-state index contributed by atoms with van der Waals surface area (Å²) in [5.74, 6) is -1.09. The second-order valence-electron chi connectivity index (χ2n) is 6.73. The lowest BCUT2D eigenvalue weighted by Gasteiger charge is -2.08. The molecule has 0 aliphatic heterocycles. The number of carbonyl (C=O) groups is 2. The van der Waals surface area contributed by atoms with Crippen molar-refractivity contribution in [1.29, 1.82) is 0 Å². The highest BCUT2D eigenvalue weighted by Gasteiger charge is 2.14. The number of non-ortho nitro benzene ring substituents is 1. The number of nitrogens with zero attached hydrogens (tertiary/aromatic N) is 2. The molecule has 0 aliphatic carbocycles. The average molecular weight is 393 g/mol. The zero-order chi connectivity index (χ0) is 20.7. The van der Waals surface area contributed by atoms with Crippen molar-refractivity contribution < 1.29 is 23.7 Å². The van der Waals surface area contributed by atoms with E-state index in [-0.39, 0.29) is 36.8 Å². The van der Waals surface area contributed by atoms with Crippen LogP contribution in [0, 0.1) is 16.0 Å². The number of carbonyl (C=O) groups excluding carboxylic acids is 2. The number of oxazole rings is 1. The molecule has 0 spiro atoms. The van der Waals surface area contributed by atoms with E-state index in [4.69, 9.17) is 9.15 Å². The van der Waals surface area contributed by atoms with Crippen molar-refractivity contribution in [2.75, 3.05) is 13.2 Å². The predicted octanol–water partition coefficient (Wildman–Crippen LogP) is 1.99. The fourth-order valence-electron chi connectivity index (χ4n) is 2.53. The number of ether oxygens (including phenoxy) is 1. The summed E-state index contributed by atoms with van der Waals surface area (Å²) in [5.41, 5.74) is 0.344. The van der Waals surface area contributed by atoms with Crippen LogP contribution in [0.1, 0.15) is 33.1 Å². The molecule has 0 atom stereocenters. The monoisotopic (exact) mass is 393 g/mol. The number of esters is 1. The van der Waals surface area contributed by atoms with E-state index in [1.807, 2.05) is 13.8 Å². The van der Waals surface area contributed by atoms with Gasteiger partial charge in [-0.15, -0.1) is 0 Å². The van der Waals surface area contributed by atoms with Crippen LogP contribution in [0.25, 0.3) is 11.1 Å². The molecule has 10 nitrogen and oxygen atoms in total. The molecule has 1 aromatic carbocycles. The lowest BCUT2D eigenvalue weighted by atomic mass is 10.1. The third kappa shape index (κ3) is 5.93. The van der Waals surface area contributed by atoms with E-state index in [0.29, 0.717) is 24.4 Å². The summed E-state index contributed by atoms with van der Waals surface area (Å²) in [6, 6.07) is 3.89. The van der Waals surface area contributed by atoms with Gasteiger partial charge in [-0.2, -0.15) is 0 Å². The Hall–Kier alpha value is -3.17. The van der Waals surface area contributed by atoms with E-state index in [1.165, 1.54) is 22.8 Å². The lowest BCUT2D eigenvalue weighted by Crippen LogP contribution is -2.30. The molecular formula is C18H23N3O7. The van der Waals surface area contributed by atoms with Crippen LogP contribution in [0.2, 0.25) is 0 Å². The van der Waals surface area contributed by atoms with E-state index >= 15 is 0 Å². The SMILES string of the molecule is CC(C)CCNC(=O)COC(=O)CCCn1c(=O)oc2cc([N+](=O)[O-])ccc21. The number of hydrogen-bond donors (Lipinski definition) is 1. The van der Waals surface area contributed by atoms with Crippen LogP contribution >= 0.6 is 0 Å². The number of rotatable bonds is 10. The molecule has 28 heavy (non-hydrogen) atoms. The Balaban J connectivity index is 1.80. The van der Waals surface area contributed by atoms with Gasteiger partial charge < -0.3 is 14.5 Å². The standard InChI is InChI=1S/C18H23N3O7/c1-12(2)7-8-19-16(22)11-27-17(23)4-3-9-20-14-6-5-13(21(25)26)10-15(14)28-18(20)24/h5-6,10,12H,3-4,7-9,11H2,1-2H3,(H,19,22). The quantitative estimate of drug-likeness (QED) is 0.370. The molecule has 0 fully saturated rings. The summed E-state index contributed by atoms with van der Waals surface area (Å²) in [6.45, 7) is 4.46. The molecule has 1 heterocycles. The number of aryl methyl sites for hydroxylation is 1. The van der Waals surface area contributed by atoms with Crippen molar-refractivity contribution in [3.05, 3.63) is 38.9 Å². The van der Waals surface area contributed by atoms with Crippen LogP contribution in [0.5, 0.6) is 0 Å². The zero-order valence-corrected chi connectivity index (χ0v) is 15.8. The maximum absolute atomic E-state index is 11.9. The smallest absolute Gasteiger partial charge is 0.419 e. The van der Waals surface area contributed by atoms with Crippen LogP contribution in [0.4, 0.5) is 5.69 Å². The molecule has 0 saturated carbocycles. The van der Waals surface area contributed by atoms with Gasteiger partial charge >= 0.3 is 11.7 Å². The molecule has 1 N–H and O–H groups in total. The van der Waals surface area contributed by atoms with Crippen molar-refractivity contribution in [3.8, 4) is 0 Å². The molecule has 0 aliphatic rings. The normalized spacial score (nSPS) is 11.0. The van der Waals surface area contributed by atoms with Gasteiger partial charge in [0.15, 0.2) is 12.2 Å². The van der Waals surface area contributed by atoms with Crippen molar-refractivity contribution in [1.82, 2.24) is 9.88 Å². The summed E-state index contributed by atoms with van der Waals surface area (Å²) in [7, 11) is 0. The Kier molecular flexibility index (Phi) is 7.30. The highest BCUT2D eigenvalue weighted by Crippen LogP contribution is 2.20. The number of nitro benzene ring substituents is 1. The van der Waals surface area contributed by atoms with Gasteiger partial charge in [-0.3, -0.25) is 24.3 Å². The van der Waals surface area contributed by atoms with E-state index in [2.05, 4.69) is 5.32 Å². The van der Waals surface area contributed by atoms with Gasteiger partial charge in [0, 0.05) is 25.6 Å². The van der Waals surface area contributed by atoms with Gasteiger partial charge in [0.1, 0.15) is 0 Å². The minimum atomic E-state index is -0.659. The molecular weight excluding hydrogens is 370 g/mol. The molecule has 1 aromatic heterocycles. The summed E-state index contributed by atoms with van der Waals surface area (Å²) >= 11 is 0. The van der Waals surface area contributed by atoms with Crippen LogP contribution in [-0.2, 0) is 20.9 Å². The van der Waals surface area contributed by atoms with Crippen LogP contribution in [0.15, 0.2) is 27.4 Å². The second-order valence-corrected chi connectivity index (χ2v) is 6.73. The first-order valence-electron chi connectivity index (χ1n) is 8.98. The molecule has 2 aromatic rings. The molecule has 1 amide bonds. The summed E-state index contributed by atoms with van der Waals surface area (Å²) in [6.07, 6.45) is 1.15. The molecule has 0 unspecified atom stereocenters. The fourth-order valence-corrected chi connectivity index (χ4v) is 2.53. The minimum Gasteiger partial charge on any atom is -0.456 e. The first-order valence-corrected chi connectivity index (χ1v) is 8.98. The second kappa shape index (κ2) is 9.67. The van der Waals surface area contributed by atoms with E-state index < -0.39 is 16.6 Å². The topological polar surface area (TPSA) is 134 Å². The largest absolute Gasteiger partial charge is 0.456 e. The summed E-state index contributed by atoms with van der Waals surface area (Å²) < 4.78 is 11.2. The molecule has 10 heteroatoms. The average Bonchev–Trinajstić information content (AvgIpc) is 2.94. The van der Waals surface area contributed by atoms with Crippen molar-refractivity contribution in [3.63, 3.8) is 0 Å². The van der Waals surface area contributed by atoms with E-state index in [1.54, 1.807) is 0 Å². The molecule has 152 valence electrons. The number of aromatic nitrogens is 1. The highest BCUT2D eigenvalue weighted by atomic mass is 16.6. The maximum atomic E-state index is 11.9. The molecule has 2 rings (SSSR count). The maximum Gasteiger partial charge on any atom is 0.419 e. The number of benzene rings is 1. The van der Waals surface area contributed by atoms with Gasteiger partial charge in [0.05, 0.1) is 16.5 Å². The Labute approximate surface area is 160 Å². The van der Waals surface area contributed by atoms with Crippen LogP contribution in [-0.4, -0.2) is 34.5 Å². The third-order valence-corrected chi connectivity index (χ3v) is 4.03. The number of fused-ring (bicyclic) bond motifs is 1. The number of hydrogen-bond acceptors (Lipinski definition) is 7. The highest BCUT2D eigenvalue weighted by molar-refractivity contribution is 5.80. The number of nitro groups is 1. The molecule has 0 saturated heterocycles. The van der Waals surface area contributed by atoms with Crippen molar-refractivity contribution in [2.24, 2.45) is 5.92 Å².